The van der Waals surface area contributed by atoms with Crippen LogP contribution in [-0.2, 0) is 0 Å². The zero-order valence-electron chi connectivity index (χ0n) is 4.78. The van der Waals surface area contributed by atoms with Crippen LogP contribution in [0.2, 0.25) is 0 Å². The number of aromatic nitrogens is 2. The highest BCUT2D eigenvalue weighted by Crippen LogP contribution is 1.93. The number of aliphatic hydroxyl groups excluding tert-OH is 1. The van der Waals surface area contributed by atoms with Gasteiger partial charge in [0.2, 0.25) is 0 Å². The fourth-order valence-corrected chi connectivity index (χ4v) is 0.471. The summed E-state index contributed by atoms with van der Waals surface area (Å²) >= 11 is 0. The first-order valence-electron chi connectivity index (χ1n) is 2.54. The fourth-order valence-electron chi connectivity index (χ4n) is 0.471. The molecule has 9 heavy (non-hydrogen) atoms. The summed E-state index contributed by atoms with van der Waals surface area (Å²) in [5, 5.41) is 10.9. The van der Waals surface area contributed by atoms with E-state index in [2.05, 4.69) is 15.3 Å². The van der Waals surface area contributed by atoms with Crippen molar-refractivity contribution in [3.8, 4) is 0 Å². The summed E-state index contributed by atoms with van der Waals surface area (Å²) in [5.74, 6) is 0.583. The lowest BCUT2D eigenvalue weighted by molar-refractivity contribution is 0.325. The van der Waals surface area contributed by atoms with Crippen LogP contribution in [-0.4, -0.2) is 21.8 Å². The predicted octanol–water partition coefficient (Wildman–Crippen LogP) is -0.162. The summed E-state index contributed by atoms with van der Waals surface area (Å²) in [6.07, 6.45) is 4.66. The van der Waals surface area contributed by atoms with E-state index in [1.807, 2.05) is 0 Å². The van der Waals surface area contributed by atoms with E-state index >= 15 is 0 Å². The Labute approximate surface area is 52.6 Å². The molecule has 0 aliphatic heterocycles. The number of aliphatic hydroxyl groups is 1. The van der Waals surface area contributed by atoms with Crippen molar-refractivity contribution >= 4 is 5.82 Å². The van der Waals surface area contributed by atoms with Crippen molar-refractivity contribution in [2.24, 2.45) is 0 Å². The third-order valence-corrected chi connectivity index (χ3v) is 0.823. The first kappa shape index (κ1) is 5.97. The molecular formula is C5H7N3O. The molecule has 0 atom stereocenters. The molecule has 0 saturated heterocycles. The topological polar surface area (TPSA) is 58.0 Å². The van der Waals surface area contributed by atoms with Crippen molar-refractivity contribution < 1.29 is 5.11 Å². The minimum absolute atomic E-state index is 0.112. The highest BCUT2D eigenvalue weighted by molar-refractivity contribution is 5.28. The Bertz CT molecular complexity index is 165. The number of rotatable bonds is 2. The van der Waals surface area contributed by atoms with E-state index in [0.29, 0.717) is 5.82 Å². The van der Waals surface area contributed by atoms with E-state index in [0.717, 1.165) is 0 Å². The number of hydrogen-bond acceptors (Lipinski definition) is 4. The van der Waals surface area contributed by atoms with Gasteiger partial charge in [-0.25, -0.2) is 4.98 Å². The zero-order valence-corrected chi connectivity index (χ0v) is 4.78. The lowest BCUT2D eigenvalue weighted by Gasteiger charge is -1.96. The smallest absolute Gasteiger partial charge is 0.146 e. The Morgan fingerprint density at radius 3 is 3.00 bits per heavy atom. The van der Waals surface area contributed by atoms with Crippen molar-refractivity contribution in [3.63, 3.8) is 0 Å². The van der Waals surface area contributed by atoms with Gasteiger partial charge in [0, 0.05) is 12.4 Å². The predicted molar refractivity (Wildman–Crippen MR) is 32.7 cm³/mol. The van der Waals surface area contributed by atoms with Crippen LogP contribution in [0.4, 0.5) is 5.82 Å². The van der Waals surface area contributed by atoms with Crippen LogP contribution in [0.15, 0.2) is 18.6 Å². The molecule has 0 unspecified atom stereocenters. The summed E-state index contributed by atoms with van der Waals surface area (Å²) in [7, 11) is 0. The van der Waals surface area contributed by atoms with Crippen molar-refractivity contribution in [2.45, 2.75) is 0 Å². The maximum atomic E-state index is 8.34. The molecule has 1 aromatic rings. The van der Waals surface area contributed by atoms with Gasteiger partial charge in [0.25, 0.3) is 0 Å². The molecule has 0 fully saturated rings. The van der Waals surface area contributed by atoms with Gasteiger partial charge < -0.3 is 10.4 Å². The summed E-state index contributed by atoms with van der Waals surface area (Å²) in [6.45, 7) is -0.112. The molecule has 48 valence electrons. The van der Waals surface area contributed by atoms with Crippen LogP contribution in [0.25, 0.3) is 0 Å². The summed E-state index contributed by atoms with van der Waals surface area (Å²) in [6, 6.07) is 0. The molecule has 0 aromatic carbocycles. The molecule has 0 bridgehead atoms. The molecule has 4 heteroatoms. The third kappa shape index (κ3) is 1.65. The van der Waals surface area contributed by atoms with Gasteiger partial charge in [-0.3, -0.25) is 4.98 Å². The highest BCUT2D eigenvalue weighted by Gasteiger charge is 1.85. The average Bonchev–Trinajstić information content (AvgIpc) is 1.91. The summed E-state index contributed by atoms with van der Waals surface area (Å²) in [5.41, 5.74) is 0. The Morgan fingerprint density at radius 2 is 2.44 bits per heavy atom. The molecule has 0 spiro atoms. The highest BCUT2D eigenvalue weighted by atomic mass is 16.3. The van der Waals surface area contributed by atoms with Gasteiger partial charge in [-0.05, 0) is 0 Å². The number of nitrogens with one attached hydrogen (secondary N) is 1. The second-order valence-electron chi connectivity index (χ2n) is 1.43. The van der Waals surface area contributed by atoms with E-state index in [-0.39, 0.29) is 6.73 Å². The monoisotopic (exact) mass is 125 g/mol. The quantitative estimate of drug-likeness (QED) is 0.539. The molecular weight excluding hydrogens is 118 g/mol. The lowest BCUT2D eigenvalue weighted by atomic mass is 10.7. The maximum absolute atomic E-state index is 8.34. The molecule has 1 rings (SSSR count). The SMILES string of the molecule is OCNc1cnccn1. The molecule has 4 nitrogen and oxygen atoms in total. The molecule has 0 radical (unpaired) electrons. The minimum atomic E-state index is -0.112. The molecule has 1 heterocycles. The van der Waals surface area contributed by atoms with Crippen LogP contribution >= 0.6 is 0 Å². The summed E-state index contributed by atoms with van der Waals surface area (Å²) < 4.78 is 0. The van der Waals surface area contributed by atoms with Crippen molar-refractivity contribution in [1.29, 1.82) is 0 Å². The number of hydrogen-bond donors (Lipinski definition) is 2. The van der Waals surface area contributed by atoms with Crippen LogP contribution < -0.4 is 5.32 Å². The largest absolute Gasteiger partial charge is 0.377 e. The van der Waals surface area contributed by atoms with Gasteiger partial charge >= 0.3 is 0 Å². The molecule has 0 aliphatic carbocycles. The van der Waals surface area contributed by atoms with Crippen LogP contribution in [0.1, 0.15) is 0 Å². The van der Waals surface area contributed by atoms with Gasteiger partial charge in [-0.2, -0.15) is 0 Å². The number of nitrogens with zero attached hydrogens (tertiary/aromatic N) is 2. The molecule has 1 aromatic heterocycles. The second-order valence-corrected chi connectivity index (χ2v) is 1.43. The van der Waals surface area contributed by atoms with Crippen molar-refractivity contribution in [1.82, 2.24) is 9.97 Å². The second kappa shape index (κ2) is 2.99. The van der Waals surface area contributed by atoms with Crippen molar-refractivity contribution in [3.05, 3.63) is 18.6 Å². The van der Waals surface area contributed by atoms with Gasteiger partial charge in [0.15, 0.2) is 0 Å². The van der Waals surface area contributed by atoms with Gasteiger partial charge in [0.1, 0.15) is 12.5 Å². The third-order valence-electron chi connectivity index (χ3n) is 0.823. The maximum Gasteiger partial charge on any atom is 0.146 e. The molecule has 2 N–H and O–H groups in total. The van der Waals surface area contributed by atoms with Gasteiger partial charge in [-0.1, -0.05) is 0 Å². The normalized spacial score (nSPS) is 9.00. The van der Waals surface area contributed by atoms with Crippen LogP contribution in [0.5, 0.6) is 0 Å². The average molecular weight is 125 g/mol. The molecule has 0 aliphatic rings. The standard InChI is InChI=1S/C5H7N3O/c9-4-8-5-3-6-1-2-7-5/h1-3,9H,4H2,(H,7,8). The van der Waals surface area contributed by atoms with E-state index in [1.54, 1.807) is 12.4 Å². The van der Waals surface area contributed by atoms with E-state index in [4.69, 9.17) is 5.11 Å². The van der Waals surface area contributed by atoms with Crippen LogP contribution in [0.3, 0.4) is 0 Å². The molecule has 0 amide bonds. The van der Waals surface area contributed by atoms with E-state index in [9.17, 15) is 0 Å². The lowest BCUT2D eigenvalue weighted by Crippen LogP contribution is -2.00. The zero-order chi connectivity index (χ0) is 6.53. The Hall–Kier alpha value is -1.16. The molecule has 0 saturated carbocycles. The van der Waals surface area contributed by atoms with Gasteiger partial charge in [0.05, 0.1) is 6.20 Å². The first-order valence-corrected chi connectivity index (χ1v) is 2.54. The summed E-state index contributed by atoms with van der Waals surface area (Å²) in [4.78, 5) is 7.60. The van der Waals surface area contributed by atoms with Gasteiger partial charge in [-0.15, -0.1) is 0 Å². The number of anilines is 1. The minimum Gasteiger partial charge on any atom is -0.377 e. The van der Waals surface area contributed by atoms with E-state index in [1.165, 1.54) is 6.20 Å². The van der Waals surface area contributed by atoms with Crippen molar-refractivity contribution in [2.75, 3.05) is 12.0 Å². The Balaban J connectivity index is 2.61. The fraction of sp³-hybridized carbons (Fsp3) is 0.200. The Kier molecular flexibility index (Phi) is 1.98. The van der Waals surface area contributed by atoms with E-state index < -0.39 is 0 Å². The van der Waals surface area contributed by atoms with Crippen LogP contribution in [0, 0.1) is 0 Å². The Morgan fingerprint density at radius 1 is 1.56 bits per heavy atom. The first-order chi connectivity index (χ1) is 4.43.